The molecule has 0 spiro atoms. The minimum Gasteiger partial charge on any atom is -0.436 e. The molecular formula is C16H20N4O2S. The first kappa shape index (κ1) is 17.0. The zero-order valence-electron chi connectivity index (χ0n) is 13.2. The van der Waals surface area contributed by atoms with Crippen molar-refractivity contribution < 1.29 is 11.0 Å². The smallest absolute Gasteiger partial charge is 0.219 e. The Morgan fingerprint density at radius 2 is 2.04 bits per heavy atom. The molecule has 0 saturated carbocycles. The van der Waals surface area contributed by atoms with Crippen molar-refractivity contribution in [3.05, 3.63) is 42.4 Å². The highest BCUT2D eigenvalue weighted by atomic mass is 32.2. The van der Waals surface area contributed by atoms with E-state index in [0.29, 0.717) is 16.8 Å². The van der Waals surface area contributed by atoms with Crippen molar-refractivity contribution in [2.75, 3.05) is 6.26 Å². The summed E-state index contributed by atoms with van der Waals surface area (Å²) in [5.74, 6) is 0.953. The van der Waals surface area contributed by atoms with Crippen molar-refractivity contribution in [2.24, 2.45) is 0 Å². The standard InChI is InChI=1S/C16H18N4O2S.H2/c1-11(20-12(2)21)4-5-13-6-7-15(17-8-13)22-14-9-18-16(23-3)19-10-14;/h4-11H,1-3H3,(H,20,21);1H/b5-4+;/t11-;/m0./s1. The molecule has 0 radical (unpaired) electrons. The van der Waals surface area contributed by atoms with Crippen molar-refractivity contribution in [1.29, 1.82) is 0 Å². The summed E-state index contributed by atoms with van der Waals surface area (Å²) in [7, 11) is 0. The second kappa shape index (κ2) is 8.28. The van der Waals surface area contributed by atoms with Crippen LogP contribution < -0.4 is 10.1 Å². The monoisotopic (exact) mass is 332 g/mol. The molecule has 0 aromatic carbocycles. The normalized spacial score (nSPS) is 12.1. The molecule has 1 amide bonds. The predicted octanol–water partition coefficient (Wildman–Crippen LogP) is 3.17. The Balaban J connectivity index is 0.00000288. The number of nitrogens with one attached hydrogen (secondary N) is 1. The van der Waals surface area contributed by atoms with Gasteiger partial charge in [-0.25, -0.2) is 15.0 Å². The van der Waals surface area contributed by atoms with E-state index in [-0.39, 0.29) is 13.4 Å². The van der Waals surface area contributed by atoms with E-state index in [1.807, 2.05) is 31.4 Å². The number of ether oxygens (including phenoxy) is 1. The zero-order chi connectivity index (χ0) is 16.7. The van der Waals surface area contributed by atoms with Gasteiger partial charge in [0.25, 0.3) is 0 Å². The average molecular weight is 332 g/mol. The van der Waals surface area contributed by atoms with Gasteiger partial charge in [0.1, 0.15) is 0 Å². The van der Waals surface area contributed by atoms with Crippen LogP contribution in [0.5, 0.6) is 11.6 Å². The summed E-state index contributed by atoms with van der Waals surface area (Å²) in [5, 5.41) is 3.47. The van der Waals surface area contributed by atoms with E-state index in [9.17, 15) is 4.79 Å². The summed E-state index contributed by atoms with van der Waals surface area (Å²) in [6.07, 6.45) is 10.6. The van der Waals surface area contributed by atoms with Crippen LogP contribution >= 0.6 is 11.8 Å². The maximum atomic E-state index is 10.9. The molecule has 122 valence electrons. The number of rotatable bonds is 6. The highest BCUT2D eigenvalue weighted by Crippen LogP contribution is 2.19. The van der Waals surface area contributed by atoms with Gasteiger partial charge in [0.05, 0.1) is 12.4 Å². The third-order valence-corrected chi connectivity index (χ3v) is 3.35. The van der Waals surface area contributed by atoms with E-state index in [1.54, 1.807) is 24.7 Å². The summed E-state index contributed by atoms with van der Waals surface area (Å²) >= 11 is 1.47. The fourth-order valence-electron chi connectivity index (χ4n) is 1.76. The topological polar surface area (TPSA) is 77.0 Å². The highest BCUT2D eigenvalue weighted by molar-refractivity contribution is 7.98. The molecule has 0 fully saturated rings. The van der Waals surface area contributed by atoms with Crippen molar-refractivity contribution >= 4 is 23.7 Å². The molecule has 2 heterocycles. The van der Waals surface area contributed by atoms with Crippen LogP contribution in [0.25, 0.3) is 6.08 Å². The van der Waals surface area contributed by atoms with E-state index < -0.39 is 0 Å². The summed E-state index contributed by atoms with van der Waals surface area (Å²) in [4.78, 5) is 23.4. The molecule has 1 atom stereocenters. The first-order chi connectivity index (χ1) is 11.1. The molecule has 0 aliphatic heterocycles. The predicted molar refractivity (Wildman–Crippen MR) is 92.6 cm³/mol. The van der Waals surface area contributed by atoms with Crippen LogP contribution in [0.3, 0.4) is 0 Å². The van der Waals surface area contributed by atoms with Gasteiger partial charge in [0.2, 0.25) is 11.8 Å². The minimum atomic E-state index is -0.0567. The molecular weight excluding hydrogens is 312 g/mol. The van der Waals surface area contributed by atoms with Crippen LogP contribution in [0.2, 0.25) is 0 Å². The molecule has 0 saturated heterocycles. The molecule has 7 heteroatoms. The SMILES string of the molecule is CSc1ncc(Oc2ccc(/C=C/[C@H](C)NC(C)=O)cn2)cn1.[HH]. The highest BCUT2D eigenvalue weighted by Gasteiger charge is 2.01. The molecule has 6 nitrogen and oxygen atoms in total. The maximum Gasteiger partial charge on any atom is 0.219 e. The zero-order valence-corrected chi connectivity index (χ0v) is 14.0. The molecule has 1 N–H and O–H groups in total. The van der Waals surface area contributed by atoms with Gasteiger partial charge in [-0.15, -0.1) is 0 Å². The Morgan fingerprint density at radius 3 is 2.61 bits per heavy atom. The van der Waals surface area contributed by atoms with Gasteiger partial charge in [-0.2, -0.15) is 0 Å². The number of carbonyl (C=O) groups excluding carboxylic acids is 1. The second-order valence-corrected chi connectivity index (χ2v) is 5.56. The summed E-state index contributed by atoms with van der Waals surface area (Å²) in [5.41, 5.74) is 0.920. The molecule has 2 aromatic rings. The molecule has 0 aliphatic rings. The Bertz CT molecular complexity index is 677. The quantitative estimate of drug-likeness (QED) is 0.647. The Hall–Kier alpha value is -2.41. The number of pyridine rings is 1. The van der Waals surface area contributed by atoms with Crippen LogP contribution in [0.15, 0.2) is 42.0 Å². The van der Waals surface area contributed by atoms with Crippen LogP contribution in [0, 0.1) is 0 Å². The average Bonchev–Trinajstić information content (AvgIpc) is 2.54. The van der Waals surface area contributed by atoms with Crippen molar-refractivity contribution in [1.82, 2.24) is 20.3 Å². The lowest BCUT2D eigenvalue weighted by Crippen LogP contribution is -2.28. The van der Waals surface area contributed by atoms with Crippen LogP contribution in [-0.4, -0.2) is 33.2 Å². The number of carbonyl (C=O) groups is 1. The van der Waals surface area contributed by atoms with Gasteiger partial charge >= 0.3 is 0 Å². The number of hydrogen-bond acceptors (Lipinski definition) is 6. The molecule has 0 aliphatic carbocycles. The summed E-state index contributed by atoms with van der Waals surface area (Å²) in [6, 6.07) is 3.62. The second-order valence-electron chi connectivity index (χ2n) is 4.79. The lowest BCUT2D eigenvalue weighted by molar-refractivity contribution is -0.119. The Labute approximate surface area is 140 Å². The summed E-state index contributed by atoms with van der Waals surface area (Å²) in [6.45, 7) is 3.40. The lowest BCUT2D eigenvalue weighted by atomic mass is 10.2. The fourth-order valence-corrected chi connectivity index (χ4v) is 2.07. The molecule has 2 rings (SSSR count). The van der Waals surface area contributed by atoms with Gasteiger partial charge < -0.3 is 10.1 Å². The van der Waals surface area contributed by atoms with Crippen LogP contribution in [0.1, 0.15) is 20.8 Å². The first-order valence-electron chi connectivity index (χ1n) is 7.02. The molecule has 0 bridgehead atoms. The van der Waals surface area contributed by atoms with Crippen molar-refractivity contribution in [3.63, 3.8) is 0 Å². The van der Waals surface area contributed by atoms with E-state index in [4.69, 9.17) is 4.74 Å². The van der Waals surface area contributed by atoms with Gasteiger partial charge in [-0.05, 0) is 24.8 Å². The van der Waals surface area contributed by atoms with E-state index in [2.05, 4.69) is 20.3 Å². The van der Waals surface area contributed by atoms with E-state index >= 15 is 0 Å². The fraction of sp³-hybridized carbons (Fsp3) is 0.250. The number of thioether (sulfide) groups is 1. The van der Waals surface area contributed by atoms with Gasteiger partial charge in [0.15, 0.2) is 10.9 Å². The van der Waals surface area contributed by atoms with E-state index in [1.165, 1.54) is 18.7 Å². The Kier molecular flexibility index (Phi) is 6.10. The molecule has 0 unspecified atom stereocenters. The number of aromatic nitrogens is 3. The number of hydrogen-bond donors (Lipinski definition) is 1. The third kappa shape index (κ3) is 5.71. The largest absolute Gasteiger partial charge is 0.436 e. The van der Waals surface area contributed by atoms with Crippen molar-refractivity contribution in [2.45, 2.75) is 25.0 Å². The molecule has 23 heavy (non-hydrogen) atoms. The van der Waals surface area contributed by atoms with Crippen molar-refractivity contribution in [3.8, 4) is 11.6 Å². The van der Waals surface area contributed by atoms with Crippen LogP contribution in [0.4, 0.5) is 0 Å². The van der Waals surface area contributed by atoms with Crippen LogP contribution in [-0.2, 0) is 4.79 Å². The number of amides is 1. The first-order valence-corrected chi connectivity index (χ1v) is 8.24. The van der Waals surface area contributed by atoms with Gasteiger partial charge in [0, 0.05) is 26.7 Å². The van der Waals surface area contributed by atoms with Gasteiger partial charge in [-0.3, -0.25) is 4.79 Å². The van der Waals surface area contributed by atoms with E-state index in [0.717, 1.165) is 5.56 Å². The minimum absolute atomic E-state index is 0. The molecule has 2 aromatic heterocycles. The van der Waals surface area contributed by atoms with Gasteiger partial charge in [-0.1, -0.05) is 23.9 Å². The summed E-state index contributed by atoms with van der Waals surface area (Å²) < 4.78 is 5.58. The lowest BCUT2D eigenvalue weighted by Gasteiger charge is -2.06. The Morgan fingerprint density at radius 1 is 1.30 bits per heavy atom. The third-order valence-electron chi connectivity index (χ3n) is 2.78. The maximum absolute atomic E-state index is 10.9. The number of nitrogens with zero attached hydrogens (tertiary/aromatic N) is 3.